The number of hydrogen-bond acceptors (Lipinski definition) is 5. The molecule has 30 heavy (non-hydrogen) atoms. The van der Waals surface area contributed by atoms with Gasteiger partial charge in [0.15, 0.2) is 5.17 Å². The first-order valence-electron chi connectivity index (χ1n) is 9.68. The lowest BCUT2D eigenvalue weighted by atomic mass is 10.1. The van der Waals surface area contributed by atoms with Crippen molar-refractivity contribution in [2.24, 2.45) is 15.9 Å². The van der Waals surface area contributed by atoms with Gasteiger partial charge in [0, 0.05) is 16.3 Å². The van der Waals surface area contributed by atoms with Crippen molar-refractivity contribution in [3.63, 3.8) is 0 Å². The molecule has 0 fully saturated rings. The highest BCUT2D eigenvalue weighted by molar-refractivity contribution is 8.15. The van der Waals surface area contributed by atoms with Gasteiger partial charge in [0.05, 0.1) is 10.9 Å². The molecule has 2 amide bonds. The monoisotopic (exact) mass is 440 g/mol. The van der Waals surface area contributed by atoms with E-state index in [4.69, 9.17) is 16.6 Å². The van der Waals surface area contributed by atoms with Crippen LogP contribution in [0.4, 0.5) is 11.4 Å². The summed E-state index contributed by atoms with van der Waals surface area (Å²) in [7, 11) is 0. The van der Waals surface area contributed by atoms with Crippen molar-refractivity contribution in [3.8, 4) is 0 Å². The Bertz CT molecular complexity index is 1070. The SMILES string of the molecule is CC(C)[C@H]1N=C2c3ccccc3N=C(S[C@H](C)C(=O)Nc3ccc(Cl)cc3)N2C1=O. The van der Waals surface area contributed by atoms with E-state index in [9.17, 15) is 9.59 Å². The normalized spacial score (nSPS) is 18.5. The molecule has 1 N–H and O–H groups in total. The number of nitrogens with one attached hydrogen (secondary N) is 1. The predicted molar refractivity (Wildman–Crippen MR) is 123 cm³/mol. The first kappa shape index (κ1) is 20.6. The zero-order valence-corrected chi connectivity index (χ0v) is 18.4. The van der Waals surface area contributed by atoms with Crippen molar-refractivity contribution in [3.05, 3.63) is 59.1 Å². The van der Waals surface area contributed by atoms with E-state index in [2.05, 4.69) is 10.3 Å². The Hall–Kier alpha value is -2.64. The average Bonchev–Trinajstić information content (AvgIpc) is 3.08. The molecule has 154 valence electrons. The van der Waals surface area contributed by atoms with Gasteiger partial charge in [-0.25, -0.2) is 9.89 Å². The van der Waals surface area contributed by atoms with Crippen LogP contribution >= 0.6 is 23.4 Å². The van der Waals surface area contributed by atoms with E-state index in [-0.39, 0.29) is 17.7 Å². The van der Waals surface area contributed by atoms with Gasteiger partial charge in [-0.1, -0.05) is 49.3 Å². The van der Waals surface area contributed by atoms with Gasteiger partial charge in [-0.3, -0.25) is 14.6 Å². The third-order valence-corrected chi connectivity index (χ3v) is 6.20. The molecule has 8 heteroatoms. The maximum absolute atomic E-state index is 13.1. The molecule has 6 nitrogen and oxygen atoms in total. The highest BCUT2D eigenvalue weighted by Crippen LogP contribution is 2.35. The fraction of sp³-hybridized carbons (Fsp3) is 0.273. The number of benzene rings is 2. The molecule has 0 bridgehead atoms. The van der Waals surface area contributed by atoms with Crippen LogP contribution in [0.15, 0.2) is 58.5 Å². The van der Waals surface area contributed by atoms with Crippen LogP contribution in [0, 0.1) is 5.92 Å². The Labute approximate surface area is 184 Å². The number of hydrogen-bond donors (Lipinski definition) is 1. The molecule has 2 heterocycles. The quantitative estimate of drug-likeness (QED) is 0.747. The second-order valence-corrected chi connectivity index (χ2v) is 9.23. The smallest absolute Gasteiger partial charge is 0.259 e. The molecule has 2 aromatic rings. The summed E-state index contributed by atoms with van der Waals surface area (Å²) in [5, 5.41) is 3.47. The molecule has 0 aromatic heterocycles. The highest BCUT2D eigenvalue weighted by atomic mass is 35.5. The van der Waals surface area contributed by atoms with Gasteiger partial charge in [0.25, 0.3) is 5.91 Å². The molecule has 0 saturated heterocycles. The van der Waals surface area contributed by atoms with Crippen molar-refractivity contribution in [1.29, 1.82) is 0 Å². The summed E-state index contributed by atoms with van der Waals surface area (Å²) in [5.74, 6) is 0.386. The van der Waals surface area contributed by atoms with E-state index in [1.165, 1.54) is 11.8 Å². The summed E-state index contributed by atoms with van der Waals surface area (Å²) in [6.07, 6.45) is 0. The van der Waals surface area contributed by atoms with Crippen molar-refractivity contribution in [2.45, 2.75) is 32.1 Å². The number of aliphatic imine (C=N–C) groups is 2. The minimum absolute atomic E-state index is 0.0691. The van der Waals surface area contributed by atoms with Gasteiger partial charge >= 0.3 is 0 Å². The zero-order valence-electron chi connectivity index (χ0n) is 16.8. The average molecular weight is 441 g/mol. The number of carbonyl (C=O) groups is 2. The molecule has 0 spiro atoms. The van der Waals surface area contributed by atoms with Crippen LogP contribution in [0.2, 0.25) is 5.02 Å². The van der Waals surface area contributed by atoms with E-state index in [0.717, 1.165) is 11.3 Å². The highest BCUT2D eigenvalue weighted by Gasteiger charge is 2.43. The van der Waals surface area contributed by atoms with Gasteiger partial charge in [0.2, 0.25) is 5.91 Å². The van der Waals surface area contributed by atoms with Crippen molar-refractivity contribution in [2.75, 3.05) is 5.32 Å². The number of fused-ring (bicyclic) bond motifs is 3. The minimum Gasteiger partial charge on any atom is -0.325 e. The summed E-state index contributed by atoms with van der Waals surface area (Å²) >= 11 is 7.14. The van der Waals surface area contributed by atoms with Crippen LogP contribution < -0.4 is 5.32 Å². The van der Waals surface area contributed by atoms with Crippen LogP contribution in [-0.4, -0.2) is 39.0 Å². The van der Waals surface area contributed by atoms with Gasteiger partial charge in [-0.2, -0.15) is 0 Å². The molecule has 0 radical (unpaired) electrons. The topological polar surface area (TPSA) is 74.1 Å². The second kappa shape index (κ2) is 8.24. The molecule has 2 aromatic carbocycles. The number of nitrogens with zero attached hydrogens (tertiary/aromatic N) is 3. The first-order valence-corrected chi connectivity index (χ1v) is 10.9. The van der Waals surface area contributed by atoms with Crippen LogP contribution in [-0.2, 0) is 9.59 Å². The van der Waals surface area contributed by atoms with Crippen LogP contribution in [0.5, 0.6) is 0 Å². The van der Waals surface area contributed by atoms with Crippen LogP contribution in [0.1, 0.15) is 26.3 Å². The standard InChI is InChI=1S/C22H21ClN4O2S/c1-12(2)18-21(29)27-19(26-18)16-6-4-5-7-17(16)25-22(27)30-13(3)20(28)24-15-10-8-14(23)9-11-15/h4-13,18H,1-3H3,(H,24,28)/t13-,18-/m1/s1. The Balaban J connectivity index is 1.59. The fourth-order valence-electron chi connectivity index (χ4n) is 3.27. The second-order valence-electron chi connectivity index (χ2n) is 7.48. The number of carbonyl (C=O) groups excluding carboxylic acids is 2. The Morgan fingerprint density at radius 1 is 1.13 bits per heavy atom. The summed E-state index contributed by atoms with van der Waals surface area (Å²) in [4.78, 5) is 36.7. The molecule has 0 unspecified atom stereocenters. The summed E-state index contributed by atoms with van der Waals surface area (Å²) in [5.41, 5.74) is 2.24. The predicted octanol–water partition coefficient (Wildman–Crippen LogP) is 4.71. The Morgan fingerprint density at radius 3 is 2.53 bits per heavy atom. The van der Waals surface area contributed by atoms with Crippen molar-refractivity contribution < 1.29 is 9.59 Å². The lowest BCUT2D eigenvalue weighted by molar-refractivity contribution is -0.125. The van der Waals surface area contributed by atoms with Gasteiger partial charge in [0.1, 0.15) is 11.9 Å². The van der Waals surface area contributed by atoms with Crippen molar-refractivity contribution in [1.82, 2.24) is 4.90 Å². The zero-order chi connectivity index (χ0) is 21.4. The number of amides is 2. The van der Waals surface area contributed by atoms with Crippen LogP contribution in [0.25, 0.3) is 0 Å². The molecular formula is C22H21ClN4O2S. The molecule has 2 aliphatic rings. The Kier molecular flexibility index (Phi) is 5.66. The minimum atomic E-state index is -0.475. The maximum Gasteiger partial charge on any atom is 0.259 e. The van der Waals surface area contributed by atoms with E-state index in [1.807, 2.05) is 38.1 Å². The van der Waals surface area contributed by atoms with Gasteiger partial charge < -0.3 is 5.32 Å². The molecule has 0 aliphatic carbocycles. The third kappa shape index (κ3) is 3.87. The maximum atomic E-state index is 13.1. The largest absolute Gasteiger partial charge is 0.325 e. The summed E-state index contributed by atoms with van der Waals surface area (Å²) in [6, 6.07) is 14.1. The van der Waals surface area contributed by atoms with Crippen molar-refractivity contribution >= 4 is 57.6 Å². The number of anilines is 1. The molecular weight excluding hydrogens is 420 g/mol. The summed E-state index contributed by atoms with van der Waals surface area (Å²) < 4.78 is 0. The van der Waals surface area contributed by atoms with E-state index in [1.54, 1.807) is 36.1 Å². The number of amidine groups is 2. The summed E-state index contributed by atoms with van der Waals surface area (Å²) in [6.45, 7) is 5.74. The van der Waals surface area contributed by atoms with E-state index < -0.39 is 11.3 Å². The van der Waals surface area contributed by atoms with Crippen LogP contribution in [0.3, 0.4) is 0 Å². The van der Waals surface area contributed by atoms with Gasteiger partial charge in [-0.15, -0.1) is 0 Å². The van der Waals surface area contributed by atoms with Gasteiger partial charge in [-0.05, 0) is 49.2 Å². The third-order valence-electron chi connectivity index (χ3n) is 4.89. The number of rotatable bonds is 4. The number of thioether (sulfide) groups is 1. The Morgan fingerprint density at radius 2 is 1.83 bits per heavy atom. The van der Waals surface area contributed by atoms with E-state index >= 15 is 0 Å². The molecule has 4 rings (SSSR count). The molecule has 2 aliphatic heterocycles. The lowest BCUT2D eigenvalue weighted by Crippen LogP contribution is -2.43. The molecule has 2 atom stereocenters. The first-order chi connectivity index (χ1) is 14.3. The molecule has 0 saturated carbocycles. The van der Waals surface area contributed by atoms with E-state index in [0.29, 0.717) is 21.7 Å². The fourth-order valence-corrected chi connectivity index (χ4v) is 4.31. The number of para-hydroxylation sites is 1. The lowest BCUT2D eigenvalue weighted by Gasteiger charge is -2.27. The number of halogens is 1.